The first-order valence-electron chi connectivity index (χ1n) is 11.4. The van der Waals surface area contributed by atoms with Crippen LogP contribution in [0.25, 0.3) is 0 Å². The molecule has 2 aromatic rings. The highest BCUT2D eigenvalue weighted by Crippen LogP contribution is 2.45. The van der Waals surface area contributed by atoms with E-state index in [1.54, 1.807) is 6.26 Å². The second kappa shape index (κ2) is 8.76. The van der Waals surface area contributed by atoms with Crippen LogP contribution in [0.15, 0.2) is 35.2 Å². The van der Waals surface area contributed by atoms with E-state index in [4.69, 9.17) is 9.15 Å². The maximum atomic E-state index is 13.9. The monoisotopic (exact) mass is 427 g/mol. The Morgan fingerprint density at radius 3 is 2.77 bits per heavy atom. The third kappa shape index (κ3) is 4.29. The third-order valence-electron chi connectivity index (χ3n) is 7.19. The summed E-state index contributed by atoms with van der Waals surface area (Å²) in [6, 6.07) is 3.99. The molecule has 3 aliphatic rings. The van der Waals surface area contributed by atoms with E-state index >= 15 is 0 Å². The molecule has 3 fully saturated rings. The minimum atomic E-state index is -0.308. The van der Waals surface area contributed by atoms with Crippen LogP contribution in [0.1, 0.15) is 24.2 Å². The number of ether oxygens (including phenoxy) is 1. The van der Waals surface area contributed by atoms with E-state index in [1.807, 2.05) is 30.1 Å². The number of rotatable bonds is 5. The van der Waals surface area contributed by atoms with Crippen LogP contribution in [0.3, 0.4) is 0 Å². The SMILES string of the molecule is Cn1cc(CN2C[C@@H]3CN(Cc4ccco4)CCC[C@]3(C(=O)N3CCOCC3)C2)cn1. The van der Waals surface area contributed by atoms with Gasteiger partial charge in [0.2, 0.25) is 5.91 Å². The molecule has 0 bridgehead atoms. The van der Waals surface area contributed by atoms with E-state index in [-0.39, 0.29) is 5.41 Å². The molecular weight excluding hydrogens is 394 g/mol. The molecule has 0 aliphatic carbocycles. The van der Waals surface area contributed by atoms with Crippen LogP contribution in [-0.4, -0.2) is 82.9 Å². The zero-order chi connectivity index (χ0) is 21.3. The first-order chi connectivity index (χ1) is 15.1. The lowest BCUT2D eigenvalue weighted by molar-refractivity contribution is -0.148. The smallest absolute Gasteiger partial charge is 0.230 e. The Kier molecular flexibility index (Phi) is 5.86. The van der Waals surface area contributed by atoms with Gasteiger partial charge in [-0.3, -0.25) is 19.3 Å². The summed E-state index contributed by atoms with van der Waals surface area (Å²) < 4.78 is 13.0. The van der Waals surface area contributed by atoms with E-state index in [0.29, 0.717) is 38.1 Å². The summed E-state index contributed by atoms with van der Waals surface area (Å²) in [5, 5.41) is 4.33. The Morgan fingerprint density at radius 1 is 1.19 bits per heavy atom. The Balaban J connectivity index is 1.37. The molecule has 2 aromatic heterocycles. The fraction of sp³-hybridized carbons (Fsp3) is 0.652. The maximum absolute atomic E-state index is 13.9. The zero-order valence-corrected chi connectivity index (χ0v) is 18.4. The molecule has 3 aliphatic heterocycles. The van der Waals surface area contributed by atoms with Crippen molar-refractivity contribution < 1.29 is 13.9 Å². The van der Waals surface area contributed by atoms with Gasteiger partial charge in [-0.1, -0.05) is 0 Å². The number of carbonyl (C=O) groups is 1. The number of aromatic nitrogens is 2. The highest BCUT2D eigenvalue weighted by atomic mass is 16.5. The molecule has 0 spiro atoms. The van der Waals surface area contributed by atoms with E-state index in [2.05, 4.69) is 26.0 Å². The van der Waals surface area contributed by atoms with E-state index in [0.717, 1.165) is 57.9 Å². The average Bonchev–Trinajstić information content (AvgIpc) is 3.48. The van der Waals surface area contributed by atoms with Crippen LogP contribution in [-0.2, 0) is 29.7 Å². The van der Waals surface area contributed by atoms with Crippen LogP contribution < -0.4 is 0 Å². The molecule has 0 radical (unpaired) electrons. The second-order valence-corrected chi connectivity index (χ2v) is 9.37. The summed E-state index contributed by atoms with van der Waals surface area (Å²) in [6.45, 7) is 8.11. The summed E-state index contributed by atoms with van der Waals surface area (Å²) in [5.74, 6) is 1.66. The van der Waals surface area contributed by atoms with Crippen molar-refractivity contribution in [3.63, 3.8) is 0 Å². The molecule has 3 saturated heterocycles. The van der Waals surface area contributed by atoms with Gasteiger partial charge in [0.15, 0.2) is 0 Å². The minimum absolute atomic E-state index is 0.308. The maximum Gasteiger partial charge on any atom is 0.230 e. The highest BCUT2D eigenvalue weighted by molar-refractivity contribution is 5.84. The lowest BCUT2D eigenvalue weighted by Gasteiger charge is -2.39. The van der Waals surface area contributed by atoms with Crippen molar-refractivity contribution in [2.75, 3.05) is 52.5 Å². The molecule has 0 saturated carbocycles. The number of carbonyl (C=O) groups excluding carboxylic acids is 1. The molecule has 0 N–H and O–H groups in total. The number of morpholine rings is 1. The van der Waals surface area contributed by atoms with Gasteiger partial charge in [0.05, 0.1) is 37.6 Å². The van der Waals surface area contributed by atoms with Crippen LogP contribution in [0.4, 0.5) is 0 Å². The van der Waals surface area contributed by atoms with Crippen molar-refractivity contribution in [3.8, 4) is 0 Å². The number of aryl methyl sites for hydroxylation is 1. The molecule has 0 aromatic carbocycles. The molecule has 1 amide bonds. The van der Waals surface area contributed by atoms with E-state index in [1.165, 1.54) is 5.56 Å². The molecule has 8 heteroatoms. The van der Waals surface area contributed by atoms with Crippen LogP contribution >= 0.6 is 0 Å². The molecule has 168 valence electrons. The van der Waals surface area contributed by atoms with Gasteiger partial charge in [-0.05, 0) is 37.4 Å². The number of hydrogen-bond acceptors (Lipinski definition) is 6. The predicted molar refractivity (Wildman–Crippen MR) is 115 cm³/mol. The number of hydrogen-bond donors (Lipinski definition) is 0. The van der Waals surface area contributed by atoms with Crippen LogP contribution in [0.5, 0.6) is 0 Å². The second-order valence-electron chi connectivity index (χ2n) is 9.37. The highest BCUT2D eigenvalue weighted by Gasteiger charge is 2.54. The topological polar surface area (TPSA) is 67.0 Å². The number of likely N-dealkylation sites (tertiary alicyclic amines) is 2. The van der Waals surface area contributed by atoms with Crippen molar-refractivity contribution in [1.29, 1.82) is 0 Å². The molecule has 2 atom stereocenters. The van der Waals surface area contributed by atoms with E-state index in [9.17, 15) is 4.79 Å². The zero-order valence-electron chi connectivity index (χ0n) is 18.4. The third-order valence-corrected chi connectivity index (χ3v) is 7.19. The fourth-order valence-electron chi connectivity index (χ4n) is 5.75. The van der Waals surface area contributed by atoms with Crippen molar-refractivity contribution in [2.24, 2.45) is 18.4 Å². The van der Waals surface area contributed by atoms with Gasteiger partial charge < -0.3 is 14.1 Å². The van der Waals surface area contributed by atoms with Crippen molar-refractivity contribution >= 4 is 5.91 Å². The van der Waals surface area contributed by atoms with Gasteiger partial charge in [-0.25, -0.2) is 0 Å². The molecule has 31 heavy (non-hydrogen) atoms. The van der Waals surface area contributed by atoms with E-state index < -0.39 is 0 Å². The quantitative estimate of drug-likeness (QED) is 0.722. The molecule has 5 heterocycles. The Hall–Kier alpha value is -2.16. The summed E-state index contributed by atoms with van der Waals surface area (Å²) in [5.41, 5.74) is 0.901. The summed E-state index contributed by atoms with van der Waals surface area (Å²) >= 11 is 0. The van der Waals surface area contributed by atoms with Gasteiger partial charge in [0.1, 0.15) is 5.76 Å². The number of fused-ring (bicyclic) bond motifs is 1. The van der Waals surface area contributed by atoms with Gasteiger partial charge in [0.25, 0.3) is 0 Å². The predicted octanol–water partition coefficient (Wildman–Crippen LogP) is 1.59. The molecule has 5 rings (SSSR count). The summed E-state index contributed by atoms with van der Waals surface area (Å²) in [7, 11) is 1.95. The average molecular weight is 428 g/mol. The van der Waals surface area contributed by atoms with Gasteiger partial charge in [-0.15, -0.1) is 0 Å². The summed E-state index contributed by atoms with van der Waals surface area (Å²) in [6.07, 6.45) is 7.74. The van der Waals surface area contributed by atoms with Crippen LogP contribution in [0, 0.1) is 11.3 Å². The van der Waals surface area contributed by atoms with Gasteiger partial charge in [0, 0.05) is 58.1 Å². The van der Waals surface area contributed by atoms with Gasteiger partial charge >= 0.3 is 0 Å². The standard InChI is InChI=1S/C23H33N5O3/c1-25-13-19(12-24-25)14-27-16-20-15-26(17-21-4-2-9-31-21)6-3-5-23(20,18-27)22(29)28-7-10-30-11-8-28/h2,4,9,12-13,20H,3,5-8,10-11,14-18H2,1H3/t20-,23-/m0/s1. The lowest BCUT2D eigenvalue weighted by atomic mass is 9.73. The Labute approximate surface area is 183 Å². The van der Waals surface area contributed by atoms with Crippen LogP contribution in [0.2, 0.25) is 0 Å². The number of furan rings is 1. The largest absolute Gasteiger partial charge is 0.468 e. The van der Waals surface area contributed by atoms with Crippen molar-refractivity contribution in [2.45, 2.75) is 25.9 Å². The Morgan fingerprint density at radius 2 is 2.03 bits per heavy atom. The first-order valence-corrected chi connectivity index (χ1v) is 11.4. The first kappa shape index (κ1) is 20.7. The lowest BCUT2D eigenvalue weighted by Crippen LogP contribution is -2.52. The Bertz CT molecular complexity index is 876. The van der Waals surface area contributed by atoms with Crippen molar-refractivity contribution in [1.82, 2.24) is 24.5 Å². The summed E-state index contributed by atoms with van der Waals surface area (Å²) in [4.78, 5) is 20.9. The van der Waals surface area contributed by atoms with Gasteiger partial charge in [-0.2, -0.15) is 5.10 Å². The molecule has 0 unspecified atom stereocenters. The normalized spacial score (nSPS) is 27.9. The van der Waals surface area contributed by atoms with Crippen molar-refractivity contribution in [3.05, 3.63) is 42.1 Å². The fourth-order valence-corrected chi connectivity index (χ4v) is 5.75. The molecular formula is C23H33N5O3. The molecule has 8 nitrogen and oxygen atoms in total. The minimum Gasteiger partial charge on any atom is -0.468 e. The number of amides is 1. The number of nitrogens with zero attached hydrogens (tertiary/aromatic N) is 5.